The van der Waals surface area contributed by atoms with Crippen molar-refractivity contribution in [2.24, 2.45) is 0 Å². The fourth-order valence-corrected chi connectivity index (χ4v) is 3.89. The zero-order valence-electron chi connectivity index (χ0n) is 16.0. The maximum atomic E-state index is 13.1. The van der Waals surface area contributed by atoms with E-state index in [1.54, 1.807) is 18.3 Å². The van der Waals surface area contributed by atoms with Crippen molar-refractivity contribution in [1.82, 2.24) is 14.8 Å². The minimum absolute atomic E-state index is 0.107. The van der Waals surface area contributed by atoms with Gasteiger partial charge in [-0.15, -0.1) is 0 Å². The van der Waals surface area contributed by atoms with Crippen LogP contribution in [0.5, 0.6) is 0 Å². The van der Waals surface area contributed by atoms with E-state index in [-0.39, 0.29) is 17.8 Å². The highest BCUT2D eigenvalue weighted by atomic mass is 19.1. The number of oxazole rings is 1. The van der Waals surface area contributed by atoms with E-state index in [9.17, 15) is 9.18 Å². The Bertz CT molecular complexity index is 786. The number of carbonyl (C=O) groups is 1. The Morgan fingerprint density at radius 1 is 1.14 bits per heavy atom. The molecule has 2 saturated heterocycles. The molecular weight excluding hydrogens is 361 g/mol. The van der Waals surface area contributed by atoms with Gasteiger partial charge in [0.1, 0.15) is 17.6 Å². The zero-order valence-corrected chi connectivity index (χ0v) is 16.0. The normalized spacial score (nSPS) is 21.0. The average Bonchev–Trinajstić information content (AvgIpc) is 3.19. The van der Waals surface area contributed by atoms with Gasteiger partial charge in [0.15, 0.2) is 0 Å². The third-order valence-electron chi connectivity index (χ3n) is 5.43. The summed E-state index contributed by atoms with van der Waals surface area (Å²) in [7, 11) is 0. The summed E-state index contributed by atoms with van der Waals surface area (Å²) < 4.78 is 24.4. The molecule has 3 heterocycles. The molecule has 1 amide bonds. The second-order valence-electron chi connectivity index (χ2n) is 7.46. The molecule has 7 heteroatoms. The van der Waals surface area contributed by atoms with E-state index in [2.05, 4.69) is 9.88 Å². The quantitative estimate of drug-likeness (QED) is 0.790. The molecule has 0 aliphatic carbocycles. The summed E-state index contributed by atoms with van der Waals surface area (Å²) in [6.07, 6.45) is 5.21. The largest absolute Gasteiger partial charge is 0.443 e. The molecule has 0 bridgehead atoms. The van der Waals surface area contributed by atoms with Gasteiger partial charge in [0.05, 0.1) is 26.0 Å². The van der Waals surface area contributed by atoms with Crippen LogP contribution in [0.1, 0.15) is 42.5 Å². The van der Waals surface area contributed by atoms with E-state index in [1.165, 1.54) is 12.1 Å². The molecule has 0 unspecified atom stereocenters. The molecule has 6 nitrogen and oxygen atoms in total. The smallest absolute Gasteiger partial charge is 0.237 e. The number of benzene rings is 1. The minimum Gasteiger partial charge on any atom is -0.443 e. The molecule has 28 heavy (non-hydrogen) atoms. The van der Waals surface area contributed by atoms with E-state index >= 15 is 0 Å². The maximum Gasteiger partial charge on any atom is 0.237 e. The predicted molar refractivity (Wildman–Crippen MR) is 101 cm³/mol. The van der Waals surface area contributed by atoms with Crippen LogP contribution in [0.3, 0.4) is 0 Å². The van der Waals surface area contributed by atoms with Gasteiger partial charge in [-0.25, -0.2) is 9.37 Å². The molecule has 0 spiro atoms. The Kier molecular flexibility index (Phi) is 6.02. The summed E-state index contributed by atoms with van der Waals surface area (Å²) in [5, 5.41) is 0. The number of halogens is 1. The number of hydrogen-bond donors (Lipinski definition) is 0. The Hall–Kier alpha value is -2.25. The molecule has 2 aliphatic heterocycles. The summed E-state index contributed by atoms with van der Waals surface area (Å²) >= 11 is 0. The van der Waals surface area contributed by atoms with Crippen LogP contribution in [0.2, 0.25) is 0 Å². The van der Waals surface area contributed by atoms with Crippen LogP contribution in [-0.2, 0) is 16.0 Å². The highest BCUT2D eigenvalue weighted by Gasteiger charge is 2.32. The van der Waals surface area contributed by atoms with Gasteiger partial charge in [-0.2, -0.15) is 0 Å². The predicted octanol–water partition coefficient (Wildman–Crippen LogP) is 2.79. The number of aromatic nitrogens is 1. The number of rotatable bonds is 5. The molecule has 150 valence electrons. The van der Waals surface area contributed by atoms with E-state index in [1.807, 2.05) is 4.90 Å². The van der Waals surface area contributed by atoms with Gasteiger partial charge in [-0.05, 0) is 37.0 Å². The maximum absolute atomic E-state index is 13.1. The minimum atomic E-state index is -0.251. The highest BCUT2D eigenvalue weighted by Crippen LogP contribution is 2.31. The highest BCUT2D eigenvalue weighted by molar-refractivity contribution is 5.78. The Morgan fingerprint density at radius 3 is 2.71 bits per heavy atom. The van der Waals surface area contributed by atoms with Crippen molar-refractivity contribution < 1.29 is 18.3 Å². The molecule has 2 fully saturated rings. The molecule has 1 aromatic heterocycles. The second kappa shape index (κ2) is 8.84. The standard InChI is InChI=1S/C21H26FN3O3/c22-17-6-4-16(5-7-17)13-18-14-23-21(28-18)19-3-1-2-8-25(19)20(26)15-24-9-11-27-12-10-24/h4-7,14,19H,1-3,8-13,15H2/t19-/m0/s1. The molecule has 2 aromatic rings. The van der Waals surface area contributed by atoms with Crippen LogP contribution in [0, 0.1) is 5.82 Å². The van der Waals surface area contributed by atoms with Crippen molar-refractivity contribution in [2.45, 2.75) is 31.7 Å². The van der Waals surface area contributed by atoms with E-state index < -0.39 is 0 Å². The molecule has 0 N–H and O–H groups in total. The summed E-state index contributed by atoms with van der Waals surface area (Å²) in [6.45, 7) is 4.12. The van der Waals surface area contributed by atoms with Gasteiger partial charge in [-0.1, -0.05) is 12.1 Å². The van der Waals surface area contributed by atoms with E-state index in [4.69, 9.17) is 9.15 Å². The first-order valence-corrected chi connectivity index (χ1v) is 9.97. The average molecular weight is 387 g/mol. The summed E-state index contributed by atoms with van der Waals surface area (Å²) in [4.78, 5) is 21.5. The number of hydrogen-bond acceptors (Lipinski definition) is 5. The number of nitrogens with zero attached hydrogens (tertiary/aromatic N) is 3. The monoisotopic (exact) mass is 387 g/mol. The number of amides is 1. The number of morpholine rings is 1. The lowest BCUT2D eigenvalue weighted by Crippen LogP contribution is -2.47. The Balaban J connectivity index is 1.43. The van der Waals surface area contributed by atoms with Crippen LogP contribution < -0.4 is 0 Å². The van der Waals surface area contributed by atoms with Crippen LogP contribution in [0.15, 0.2) is 34.9 Å². The van der Waals surface area contributed by atoms with Crippen molar-refractivity contribution in [3.63, 3.8) is 0 Å². The van der Waals surface area contributed by atoms with Crippen molar-refractivity contribution in [3.8, 4) is 0 Å². The number of likely N-dealkylation sites (tertiary alicyclic amines) is 1. The van der Waals surface area contributed by atoms with E-state index in [0.29, 0.717) is 32.1 Å². The molecule has 0 saturated carbocycles. The fraction of sp³-hybridized carbons (Fsp3) is 0.524. The fourth-order valence-electron chi connectivity index (χ4n) is 3.89. The molecule has 4 rings (SSSR count). The van der Waals surface area contributed by atoms with Gasteiger partial charge < -0.3 is 14.1 Å². The molecular formula is C21H26FN3O3. The van der Waals surface area contributed by atoms with Gasteiger partial charge in [0.25, 0.3) is 0 Å². The molecule has 2 aliphatic rings. The van der Waals surface area contributed by atoms with Crippen LogP contribution in [0.25, 0.3) is 0 Å². The van der Waals surface area contributed by atoms with E-state index in [0.717, 1.165) is 50.2 Å². The zero-order chi connectivity index (χ0) is 19.3. The van der Waals surface area contributed by atoms with Crippen LogP contribution in [0.4, 0.5) is 4.39 Å². The summed E-state index contributed by atoms with van der Waals surface area (Å²) in [5.41, 5.74) is 0.966. The van der Waals surface area contributed by atoms with Crippen molar-refractivity contribution in [1.29, 1.82) is 0 Å². The van der Waals surface area contributed by atoms with Gasteiger partial charge in [0, 0.05) is 26.1 Å². The SMILES string of the molecule is O=C(CN1CCOCC1)N1CCCC[C@H]1c1ncc(Cc2ccc(F)cc2)o1. The number of piperidine rings is 1. The molecule has 1 atom stereocenters. The Labute approximate surface area is 164 Å². The summed E-state index contributed by atoms with van der Waals surface area (Å²) in [6, 6.07) is 6.27. The van der Waals surface area contributed by atoms with Crippen molar-refractivity contribution in [3.05, 3.63) is 53.5 Å². The van der Waals surface area contributed by atoms with Gasteiger partial charge in [0.2, 0.25) is 11.8 Å². The Morgan fingerprint density at radius 2 is 1.93 bits per heavy atom. The van der Waals surface area contributed by atoms with Crippen molar-refractivity contribution >= 4 is 5.91 Å². The topological polar surface area (TPSA) is 58.8 Å². The lowest BCUT2D eigenvalue weighted by molar-refractivity contribution is -0.137. The van der Waals surface area contributed by atoms with Crippen molar-refractivity contribution in [2.75, 3.05) is 39.4 Å². The first-order valence-electron chi connectivity index (χ1n) is 9.97. The van der Waals surface area contributed by atoms with Crippen LogP contribution >= 0.6 is 0 Å². The molecule has 1 aromatic carbocycles. The number of carbonyl (C=O) groups excluding carboxylic acids is 1. The first-order chi connectivity index (χ1) is 13.7. The number of ether oxygens (including phenoxy) is 1. The third-order valence-corrected chi connectivity index (χ3v) is 5.43. The van der Waals surface area contributed by atoms with Crippen LogP contribution in [-0.4, -0.2) is 60.1 Å². The van der Waals surface area contributed by atoms with Gasteiger partial charge in [-0.3, -0.25) is 9.69 Å². The second-order valence-corrected chi connectivity index (χ2v) is 7.46. The lowest BCUT2D eigenvalue weighted by atomic mass is 10.0. The summed E-state index contributed by atoms with van der Waals surface area (Å²) in [5.74, 6) is 1.21. The molecule has 0 radical (unpaired) electrons. The third kappa shape index (κ3) is 4.59. The van der Waals surface area contributed by atoms with Gasteiger partial charge >= 0.3 is 0 Å². The first kappa shape index (κ1) is 19.1. The lowest BCUT2D eigenvalue weighted by Gasteiger charge is -2.36.